The molecule has 0 aliphatic rings. The van der Waals surface area contributed by atoms with Crippen molar-refractivity contribution in [2.75, 3.05) is 24.7 Å². The van der Waals surface area contributed by atoms with Gasteiger partial charge >= 0.3 is 11.9 Å². The number of carboxylic acids is 1. The molecular formula is C41H76N4O8S. The number of nitrogens with two attached hydrogens (primary N) is 1. The molecule has 13 heteroatoms. The summed E-state index contributed by atoms with van der Waals surface area (Å²) in [4.78, 5) is 73.0. The fourth-order valence-electron chi connectivity index (χ4n) is 6.04. The van der Waals surface area contributed by atoms with Crippen LogP contribution in [0, 0.1) is 0 Å². The molecular weight excluding hydrogens is 709 g/mol. The van der Waals surface area contributed by atoms with Gasteiger partial charge in [0.1, 0.15) is 12.1 Å². The fraction of sp³-hybridized carbons (Fsp3) is 0.854. The SMILES string of the molecule is CCCCCCCCCCCCCCCC(=O)N[C@@H](CSCCCOC(=O)CCCCCCCCCCC)C(=O)NCC(=O)N[C@H](CCC(=O)O)C(N)=O. The van der Waals surface area contributed by atoms with E-state index in [0.29, 0.717) is 25.0 Å². The predicted molar refractivity (Wildman–Crippen MR) is 218 cm³/mol. The first-order valence-electron chi connectivity index (χ1n) is 21.2. The summed E-state index contributed by atoms with van der Waals surface area (Å²) in [5.74, 6) is -2.83. The molecule has 0 saturated heterocycles. The van der Waals surface area contributed by atoms with Gasteiger partial charge in [0.15, 0.2) is 0 Å². The molecule has 0 spiro atoms. The second-order valence-corrected chi connectivity index (χ2v) is 15.7. The number of carbonyl (C=O) groups excluding carboxylic acids is 5. The third-order valence-electron chi connectivity index (χ3n) is 9.37. The summed E-state index contributed by atoms with van der Waals surface area (Å²) in [5, 5.41) is 16.6. The molecule has 0 aliphatic heterocycles. The van der Waals surface area contributed by atoms with E-state index in [9.17, 15) is 28.8 Å². The number of rotatable bonds is 39. The maximum Gasteiger partial charge on any atom is 0.305 e. The van der Waals surface area contributed by atoms with Gasteiger partial charge in [0.25, 0.3) is 0 Å². The van der Waals surface area contributed by atoms with Crippen molar-refractivity contribution < 1.29 is 38.6 Å². The van der Waals surface area contributed by atoms with Crippen molar-refractivity contribution in [1.82, 2.24) is 16.0 Å². The highest BCUT2D eigenvalue weighted by Gasteiger charge is 2.23. The first kappa shape index (κ1) is 51.2. The first-order valence-corrected chi connectivity index (χ1v) is 22.4. The normalized spacial score (nSPS) is 12.1. The van der Waals surface area contributed by atoms with Crippen LogP contribution in [0.25, 0.3) is 0 Å². The van der Waals surface area contributed by atoms with Crippen LogP contribution in [0.3, 0.4) is 0 Å². The van der Waals surface area contributed by atoms with E-state index < -0.39 is 42.3 Å². The Labute approximate surface area is 330 Å². The molecule has 0 heterocycles. The van der Waals surface area contributed by atoms with Gasteiger partial charge in [0, 0.05) is 25.0 Å². The van der Waals surface area contributed by atoms with Crippen LogP contribution in [0.5, 0.6) is 0 Å². The molecule has 54 heavy (non-hydrogen) atoms. The predicted octanol–water partition coefficient (Wildman–Crippen LogP) is 7.49. The molecule has 0 unspecified atom stereocenters. The molecule has 0 aromatic heterocycles. The number of unbranched alkanes of at least 4 members (excludes halogenated alkanes) is 20. The lowest BCUT2D eigenvalue weighted by Crippen LogP contribution is -2.52. The van der Waals surface area contributed by atoms with Gasteiger partial charge in [-0.05, 0) is 31.4 Å². The first-order chi connectivity index (χ1) is 26.1. The molecule has 0 radical (unpaired) electrons. The molecule has 0 rings (SSSR count). The van der Waals surface area contributed by atoms with E-state index in [1.54, 1.807) is 0 Å². The van der Waals surface area contributed by atoms with E-state index in [1.165, 1.54) is 108 Å². The molecule has 0 bridgehead atoms. The molecule has 6 N–H and O–H groups in total. The van der Waals surface area contributed by atoms with Crippen LogP contribution in [0.1, 0.15) is 187 Å². The van der Waals surface area contributed by atoms with E-state index in [-0.39, 0.29) is 37.1 Å². The Morgan fingerprint density at radius 1 is 0.593 bits per heavy atom. The Bertz CT molecular complexity index is 1020. The molecule has 0 aromatic carbocycles. The Morgan fingerprint density at radius 2 is 1.06 bits per heavy atom. The summed E-state index contributed by atoms with van der Waals surface area (Å²) >= 11 is 1.44. The van der Waals surface area contributed by atoms with Crippen molar-refractivity contribution in [3.05, 3.63) is 0 Å². The average molecular weight is 785 g/mol. The molecule has 4 amide bonds. The van der Waals surface area contributed by atoms with Crippen LogP contribution >= 0.6 is 11.8 Å². The molecule has 0 saturated carbocycles. The van der Waals surface area contributed by atoms with Gasteiger partial charge in [0.2, 0.25) is 23.6 Å². The summed E-state index contributed by atoms with van der Waals surface area (Å²) in [6, 6.07) is -2.08. The maximum absolute atomic E-state index is 13.1. The van der Waals surface area contributed by atoms with Crippen LogP contribution in [0.2, 0.25) is 0 Å². The third kappa shape index (κ3) is 33.7. The van der Waals surface area contributed by atoms with E-state index in [1.807, 2.05) is 0 Å². The zero-order valence-electron chi connectivity index (χ0n) is 33.9. The molecule has 12 nitrogen and oxygen atoms in total. The topological polar surface area (TPSA) is 194 Å². The van der Waals surface area contributed by atoms with Crippen molar-refractivity contribution >= 4 is 47.3 Å². The number of primary amides is 1. The average Bonchev–Trinajstić information content (AvgIpc) is 3.14. The number of nitrogens with one attached hydrogen (secondary N) is 3. The lowest BCUT2D eigenvalue weighted by atomic mass is 10.0. The number of carboxylic acid groups (broad SMARTS) is 1. The van der Waals surface area contributed by atoms with Gasteiger partial charge in [-0.1, -0.05) is 142 Å². The van der Waals surface area contributed by atoms with Crippen LogP contribution in [0.4, 0.5) is 0 Å². The highest BCUT2D eigenvalue weighted by atomic mass is 32.2. The number of amides is 4. The number of carbonyl (C=O) groups is 6. The second-order valence-electron chi connectivity index (χ2n) is 14.5. The van der Waals surface area contributed by atoms with Crippen LogP contribution in [-0.4, -0.2) is 77.4 Å². The van der Waals surface area contributed by atoms with Gasteiger partial charge in [-0.15, -0.1) is 0 Å². The number of thioether (sulfide) groups is 1. The quantitative estimate of drug-likeness (QED) is 0.0310. The lowest BCUT2D eigenvalue weighted by molar-refractivity contribution is -0.144. The number of esters is 1. The van der Waals surface area contributed by atoms with Gasteiger partial charge in [-0.2, -0.15) is 11.8 Å². The van der Waals surface area contributed by atoms with Crippen molar-refractivity contribution in [3.8, 4) is 0 Å². The minimum absolute atomic E-state index is 0.173. The van der Waals surface area contributed by atoms with Crippen molar-refractivity contribution in [2.24, 2.45) is 5.73 Å². The van der Waals surface area contributed by atoms with Crippen LogP contribution in [0.15, 0.2) is 0 Å². The minimum atomic E-state index is -1.18. The van der Waals surface area contributed by atoms with Crippen molar-refractivity contribution in [1.29, 1.82) is 0 Å². The lowest BCUT2D eigenvalue weighted by Gasteiger charge is -2.19. The monoisotopic (exact) mass is 785 g/mol. The number of aliphatic carboxylic acids is 1. The van der Waals surface area contributed by atoms with Gasteiger partial charge < -0.3 is 31.5 Å². The van der Waals surface area contributed by atoms with Crippen molar-refractivity contribution in [3.63, 3.8) is 0 Å². The maximum atomic E-state index is 13.1. The van der Waals surface area contributed by atoms with E-state index in [2.05, 4.69) is 29.8 Å². The van der Waals surface area contributed by atoms with E-state index >= 15 is 0 Å². The molecule has 0 fully saturated rings. The summed E-state index contributed by atoms with van der Waals surface area (Å²) < 4.78 is 5.38. The second kappa shape index (κ2) is 37.1. The van der Waals surface area contributed by atoms with Crippen molar-refractivity contribution in [2.45, 2.75) is 199 Å². The smallest absolute Gasteiger partial charge is 0.305 e. The number of hydrogen-bond acceptors (Lipinski definition) is 8. The highest BCUT2D eigenvalue weighted by molar-refractivity contribution is 7.99. The summed E-state index contributed by atoms with van der Waals surface area (Å²) in [7, 11) is 0. The molecule has 314 valence electrons. The zero-order chi connectivity index (χ0) is 40.1. The Morgan fingerprint density at radius 3 is 1.54 bits per heavy atom. The Kier molecular flexibility index (Phi) is 35.2. The van der Waals surface area contributed by atoms with E-state index in [0.717, 1.165) is 44.9 Å². The molecule has 0 aliphatic carbocycles. The van der Waals surface area contributed by atoms with Gasteiger partial charge in [0.05, 0.1) is 13.2 Å². The summed E-state index contributed by atoms with van der Waals surface area (Å²) in [6.45, 7) is 4.27. The van der Waals surface area contributed by atoms with Gasteiger partial charge in [-0.25, -0.2) is 0 Å². The van der Waals surface area contributed by atoms with Gasteiger partial charge in [-0.3, -0.25) is 28.8 Å². The fourth-order valence-corrected chi connectivity index (χ4v) is 7.00. The highest BCUT2D eigenvalue weighted by Crippen LogP contribution is 2.14. The van der Waals surface area contributed by atoms with E-state index in [4.69, 9.17) is 15.6 Å². The Hall–Kier alpha value is -2.83. The minimum Gasteiger partial charge on any atom is -0.481 e. The standard InChI is InChI=1S/C41H76N4O8S/c1-3-5-7-9-11-13-14-15-16-18-19-21-23-26-36(46)45-35(41(52)43-32-37(47)44-34(40(42)51)28-29-38(48)49)33-54-31-25-30-53-39(50)27-24-22-20-17-12-10-8-6-4-2/h34-35H,3-33H2,1-2H3,(H2,42,51)(H,43,52)(H,44,47)(H,45,46)(H,48,49)/t34-,35+/m1/s1. The Balaban J connectivity index is 4.59. The third-order valence-corrected chi connectivity index (χ3v) is 10.5. The largest absolute Gasteiger partial charge is 0.481 e. The number of hydrogen-bond donors (Lipinski definition) is 5. The summed E-state index contributed by atoms with van der Waals surface area (Å²) in [6.07, 6.45) is 27.0. The summed E-state index contributed by atoms with van der Waals surface area (Å²) in [5.41, 5.74) is 5.29. The molecule has 0 aromatic rings. The van der Waals surface area contributed by atoms with Crippen LogP contribution in [-0.2, 0) is 33.5 Å². The number of ether oxygens (including phenoxy) is 1. The van der Waals surface area contributed by atoms with Crippen LogP contribution < -0.4 is 21.7 Å². The zero-order valence-corrected chi connectivity index (χ0v) is 34.7. The molecule has 2 atom stereocenters.